The predicted molar refractivity (Wildman–Crippen MR) is 65.9 cm³/mol. The Morgan fingerprint density at radius 2 is 2.06 bits per heavy atom. The first-order valence-corrected chi connectivity index (χ1v) is 5.17. The zero-order valence-electron chi connectivity index (χ0n) is 11.5. The second-order valence-corrected chi connectivity index (χ2v) is 3.55. The quantitative estimate of drug-likeness (QED) is 0.789. The molecule has 1 rings (SSSR count). The average Bonchev–Trinajstić information content (AvgIpc) is 2.25. The summed E-state index contributed by atoms with van der Waals surface area (Å²) < 4.78 is 0. The number of hydrogen-bond acceptors (Lipinski definition) is 2. The van der Waals surface area contributed by atoms with Gasteiger partial charge in [-0.05, 0) is 18.1 Å². The second kappa shape index (κ2) is 8.07. The van der Waals surface area contributed by atoms with Gasteiger partial charge in [0.2, 0.25) is 0 Å². The minimum absolute atomic E-state index is 0. The van der Waals surface area contributed by atoms with Gasteiger partial charge in [-0.15, -0.1) is 0 Å². The molecule has 86 valence electrons. The fourth-order valence-corrected chi connectivity index (χ4v) is 1.54. The van der Waals surface area contributed by atoms with E-state index in [1.807, 2.05) is 6.92 Å². The van der Waals surface area contributed by atoms with Crippen LogP contribution in [0.15, 0.2) is 24.3 Å². The molecule has 1 unspecified atom stereocenters. The number of hydrogen-bond donors (Lipinski definition) is 2. The number of carboxylic acids is 1. The first kappa shape index (κ1) is 15.9. The molecule has 0 saturated heterocycles. The summed E-state index contributed by atoms with van der Waals surface area (Å²) in [5, 5.41) is 18.7. The molecule has 1 aromatic rings. The first-order chi connectivity index (χ1) is 7.16. The topological polar surface area (TPSA) is 57.5 Å². The van der Waals surface area contributed by atoms with Crippen molar-refractivity contribution in [1.29, 1.82) is 0 Å². The van der Waals surface area contributed by atoms with E-state index in [2.05, 4.69) is 0 Å². The molecule has 0 aliphatic rings. The van der Waals surface area contributed by atoms with Crippen LogP contribution in [0.25, 0.3) is 0 Å². The molecule has 1 aromatic carbocycles. The van der Waals surface area contributed by atoms with Crippen LogP contribution < -0.4 is 0 Å². The molecular weight excluding hydrogens is 232 g/mol. The number of aromatic carboxylic acids is 1. The number of aliphatic hydroxyl groups excluding tert-OH is 1. The largest absolute Gasteiger partial charge is 2.00 e. The normalized spacial score (nSPS) is 11.6. The summed E-state index contributed by atoms with van der Waals surface area (Å²) in [4.78, 5) is 10.9. The maximum Gasteiger partial charge on any atom is 2.00 e. The first-order valence-electron chi connectivity index (χ1n) is 5.17. The standard InChI is InChI=1S/C12H16O3.Ca.2H/c1-2-3-8-11(13)9-6-4-5-7-10(9)12(14)15;;;/h4-7,11,13H,2-3,8H2,1H3,(H,14,15);;;/q;+2;2*-1. The summed E-state index contributed by atoms with van der Waals surface area (Å²) in [5.41, 5.74) is 0.708. The summed E-state index contributed by atoms with van der Waals surface area (Å²) in [6.07, 6.45) is 1.83. The smallest absolute Gasteiger partial charge is 1.00 e. The van der Waals surface area contributed by atoms with Crippen LogP contribution in [0.5, 0.6) is 0 Å². The van der Waals surface area contributed by atoms with Crippen molar-refractivity contribution in [3.05, 3.63) is 35.4 Å². The summed E-state index contributed by atoms with van der Waals surface area (Å²) in [5.74, 6) is -0.985. The molecule has 4 heteroatoms. The van der Waals surface area contributed by atoms with Crippen molar-refractivity contribution in [2.24, 2.45) is 0 Å². The van der Waals surface area contributed by atoms with Crippen LogP contribution in [-0.2, 0) is 0 Å². The van der Waals surface area contributed by atoms with Crippen LogP contribution in [-0.4, -0.2) is 53.9 Å². The third-order valence-corrected chi connectivity index (χ3v) is 2.38. The molecule has 0 radical (unpaired) electrons. The van der Waals surface area contributed by atoms with Crippen LogP contribution in [0.3, 0.4) is 0 Å². The van der Waals surface area contributed by atoms with Crippen molar-refractivity contribution in [3.8, 4) is 0 Å². The minimum Gasteiger partial charge on any atom is -1.00 e. The fourth-order valence-electron chi connectivity index (χ4n) is 1.54. The number of aliphatic hydroxyl groups is 1. The molecule has 0 aromatic heterocycles. The summed E-state index contributed by atoms with van der Waals surface area (Å²) in [6.45, 7) is 2.04. The minimum atomic E-state index is -0.985. The van der Waals surface area contributed by atoms with Gasteiger partial charge < -0.3 is 13.1 Å². The van der Waals surface area contributed by atoms with Crippen LogP contribution in [0.2, 0.25) is 0 Å². The van der Waals surface area contributed by atoms with Crippen molar-refractivity contribution in [2.45, 2.75) is 32.3 Å². The van der Waals surface area contributed by atoms with Gasteiger partial charge in [0.05, 0.1) is 11.7 Å². The molecule has 0 amide bonds. The third kappa shape index (κ3) is 4.42. The number of carbonyl (C=O) groups is 1. The summed E-state index contributed by atoms with van der Waals surface area (Å²) in [6, 6.07) is 6.60. The summed E-state index contributed by atoms with van der Waals surface area (Å²) >= 11 is 0. The Morgan fingerprint density at radius 3 is 2.62 bits per heavy atom. The van der Waals surface area contributed by atoms with Crippen LogP contribution in [0.1, 0.15) is 51.1 Å². The predicted octanol–water partition coefficient (Wildman–Crippen LogP) is 2.45. The Hall–Kier alpha value is -0.0903. The zero-order chi connectivity index (χ0) is 11.3. The van der Waals surface area contributed by atoms with E-state index in [4.69, 9.17) is 5.11 Å². The van der Waals surface area contributed by atoms with E-state index in [9.17, 15) is 9.90 Å². The Morgan fingerprint density at radius 1 is 1.44 bits per heavy atom. The van der Waals surface area contributed by atoms with E-state index >= 15 is 0 Å². The van der Waals surface area contributed by atoms with Crippen LogP contribution >= 0.6 is 0 Å². The van der Waals surface area contributed by atoms with Crippen molar-refractivity contribution < 1.29 is 17.9 Å². The molecule has 0 saturated carbocycles. The maximum atomic E-state index is 10.9. The van der Waals surface area contributed by atoms with E-state index in [0.29, 0.717) is 12.0 Å². The Bertz CT molecular complexity index is 348. The van der Waals surface area contributed by atoms with Crippen molar-refractivity contribution >= 4 is 43.7 Å². The number of rotatable bonds is 5. The third-order valence-electron chi connectivity index (χ3n) is 2.38. The van der Waals surface area contributed by atoms with Gasteiger partial charge in [-0.2, -0.15) is 0 Å². The Balaban J connectivity index is -0.000000750. The van der Waals surface area contributed by atoms with Gasteiger partial charge in [-0.1, -0.05) is 38.0 Å². The zero-order valence-corrected chi connectivity index (χ0v) is 11.7. The van der Waals surface area contributed by atoms with E-state index in [1.54, 1.807) is 18.2 Å². The maximum absolute atomic E-state index is 10.9. The van der Waals surface area contributed by atoms with Gasteiger partial charge in [0.25, 0.3) is 0 Å². The number of unbranched alkanes of at least 4 members (excludes halogenated alkanes) is 1. The second-order valence-electron chi connectivity index (χ2n) is 3.55. The van der Waals surface area contributed by atoms with E-state index < -0.39 is 12.1 Å². The summed E-state index contributed by atoms with van der Waals surface area (Å²) in [7, 11) is 0. The molecule has 0 spiro atoms. The van der Waals surface area contributed by atoms with E-state index in [0.717, 1.165) is 12.8 Å². The molecule has 0 aliphatic heterocycles. The monoisotopic (exact) mass is 250 g/mol. The van der Waals surface area contributed by atoms with E-state index in [1.165, 1.54) is 6.07 Å². The fraction of sp³-hybridized carbons (Fsp3) is 0.417. The Labute approximate surface area is 128 Å². The molecule has 1 atom stereocenters. The van der Waals surface area contributed by atoms with Gasteiger partial charge in [-0.3, -0.25) is 0 Å². The molecule has 0 aliphatic carbocycles. The molecule has 0 heterocycles. The number of benzene rings is 1. The SMILES string of the molecule is CCCCC(O)c1ccccc1C(=O)O.[Ca+2].[H-].[H-]. The van der Waals surface area contributed by atoms with Crippen molar-refractivity contribution in [1.82, 2.24) is 0 Å². The van der Waals surface area contributed by atoms with Crippen LogP contribution in [0.4, 0.5) is 0 Å². The van der Waals surface area contributed by atoms with Gasteiger partial charge in [0.1, 0.15) is 0 Å². The molecule has 0 bridgehead atoms. The molecule has 0 fully saturated rings. The van der Waals surface area contributed by atoms with Gasteiger partial charge >= 0.3 is 43.7 Å². The molecule has 2 N–H and O–H groups in total. The average molecular weight is 250 g/mol. The van der Waals surface area contributed by atoms with Crippen molar-refractivity contribution in [3.63, 3.8) is 0 Å². The molecular formula is C12H18CaO3. The molecule has 16 heavy (non-hydrogen) atoms. The van der Waals surface area contributed by atoms with Gasteiger partial charge in [0.15, 0.2) is 0 Å². The number of carboxylic acid groups (broad SMARTS) is 1. The van der Waals surface area contributed by atoms with Crippen LogP contribution in [0, 0.1) is 0 Å². The van der Waals surface area contributed by atoms with Gasteiger partial charge in [-0.25, -0.2) is 4.79 Å². The van der Waals surface area contributed by atoms with E-state index in [-0.39, 0.29) is 46.2 Å². The van der Waals surface area contributed by atoms with Crippen molar-refractivity contribution in [2.75, 3.05) is 0 Å². The van der Waals surface area contributed by atoms with Gasteiger partial charge in [0, 0.05) is 0 Å². The molecule has 3 nitrogen and oxygen atoms in total. The Kier molecular flexibility index (Phi) is 8.02.